The minimum atomic E-state index is -0.543. The summed E-state index contributed by atoms with van der Waals surface area (Å²) in [5.74, 6) is -0.896. The Kier molecular flexibility index (Phi) is 4.32. The van der Waals surface area contributed by atoms with Crippen molar-refractivity contribution in [1.82, 2.24) is 5.32 Å². The number of carbonyl (C=O) groups is 2. The van der Waals surface area contributed by atoms with E-state index in [-0.39, 0.29) is 30.0 Å². The van der Waals surface area contributed by atoms with E-state index in [1.165, 1.54) is 19.2 Å². The molecule has 0 radical (unpaired) electrons. The van der Waals surface area contributed by atoms with Crippen molar-refractivity contribution < 1.29 is 18.7 Å². The number of rotatable bonds is 4. The topological polar surface area (TPSA) is 67.4 Å². The quantitative estimate of drug-likeness (QED) is 0.896. The lowest BCUT2D eigenvalue weighted by Crippen LogP contribution is -2.30. The average Bonchev–Trinajstić information content (AvgIpc) is 2.83. The molecule has 2 amide bonds. The fourth-order valence-corrected chi connectivity index (χ4v) is 3.23. The summed E-state index contributed by atoms with van der Waals surface area (Å²) in [5.41, 5.74) is 1.98. The lowest BCUT2D eigenvalue weighted by atomic mass is 9.88. The van der Waals surface area contributed by atoms with Crippen LogP contribution in [0.15, 0.2) is 29.3 Å². The molecular weight excluding hydrogens is 299 g/mol. The maximum atomic E-state index is 13.6. The van der Waals surface area contributed by atoms with Crippen molar-refractivity contribution in [2.24, 2.45) is 0 Å². The van der Waals surface area contributed by atoms with Crippen molar-refractivity contribution in [2.45, 2.75) is 38.1 Å². The Labute approximate surface area is 133 Å². The third-order valence-electron chi connectivity index (χ3n) is 4.35. The second kappa shape index (κ2) is 6.40. The molecule has 1 aromatic rings. The first-order valence-electron chi connectivity index (χ1n) is 7.74. The number of halogens is 1. The molecule has 1 aromatic carbocycles. The van der Waals surface area contributed by atoms with Gasteiger partial charge in [0.25, 0.3) is 0 Å². The Morgan fingerprint density at radius 2 is 2.26 bits per heavy atom. The van der Waals surface area contributed by atoms with Gasteiger partial charge in [0.05, 0.1) is 19.6 Å². The minimum absolute atomic E-state index is 0.0192. The van der Waals surface area contributed by atoms with Crippen LogP contribution in [0.5, 0.6) is 5.75 Å². The molecule has 1 aliphatic heterocycles. The normalized spacial score (nSPS) is 20.1. The van der Waals surface area contributed by atoms with E-state index in [0.29, 0.717) is 11.3 Å². The van der Waals surface area contributed by atoms with Crippen molar-refractivity contribution >= 4 is 17.5 Å². The van der Waals surface area contributed by atoms with Crippen molar-refractivity contribution in [3.8, 4) is 5.75 Å². The second-order valence-corrected chi connectivity index (χ2v) is 5.85. The van der Waals surface area contributed by atoms with Crippen LogP contribution in [0.25, 0.3) is 0 Å². The van der Waals surface area contributed by atoms with E-state index in [2.05, 4.69) is 10.6 Å². The van der Waals surface area contributed by atoms with Crippen LogP contribution in [-0.4, -0.2) is 25.0 Å². The molecule has 0 aromatic heterocycles. The van der Waals surface area contributed by atoms with Crippen LogP contribution in [0.2, 0.25) is 0 Å². The molecule has 0 spiro atoms. The van der Waals surface area contributed by atoms with Gasteiger partial charge in [0.2, 0.25) is 11.8 Å². The van der Waals surface area contributed by atoms with Crippen molar-refractivity contribution in [3.63, 3.8) is 0 Å². The molecule has 1 saturated carbocycles. The Morgan fingerprint density at radius 1 is 1.43 bits per heavy atom. The first kappa shape index (κ1) is 15.5. The van der Waals surface area contributed by atoms with Crippen LogP contribution in [-0.2, 0) is 9.59 Å². The second-order valence-electron chi connectivity index (χ2n) is 5.85. The lowest BCUT2D eigenvalue weighted by Gasteiger charge is -2.20. The summed E-state index contributed by atoms with van der Waals surface area (Å²) in [7, 11) is 1.38. The number of fused-ring (bicyclic) bond motifs is 1. The molecule has 1 heterocycles. The highest BCUT2D eigenvalue weighted by molar-refractivity contribution is 6.04. The highest BCUT2D eigenvalue weighted by Gasteiger charge is 2.33. The maximum Gasteiger partial charge on any atom is 0.248 e. The van der Waals surface area contributed by atoms with E-state index in [1.54, 1.807) is 6.07 Å². The van der Waals surface area contributed by atoms with Gasteiger partial charge in [-0.1, -0.05) is 6.42 Å². The maximum absolute atomic E-state index is 13.6. The number of anilines is 1. The number of hydrogen-bond acceptors (Lipinski definition) is 3. The van der Waals surface area contributed by atoms with E-state index in [4.69, 9.17) is 4.74 Å². The van der Waals surface area contributed by atoms with Gasteiger partial charge in [-0.3, -0.25) is 9.59 Å². The molecule has 23 heavy (non-hydrogen) atoms. The number of nitrogens with one attached hydrogen (secondary N) is 2. The van der Waals surface area contributed by atoms with Gasteiger partial charge in [-0.25, -0.2) is 4.39 Å². The SMILES string of the molecule is COc1ccc(NC(=O)CC2=C3CCCCC3NC2=O)cc1F. The monoisotopic (exact) mass is 318 g/mol. The van der Waals surface area contributed by atoms with Crippen molar-refractivity contribution in [3.05, 3.63) is 35.2 Å². The lowest BCUT2D eigenvalue weighted by molar-refractivity contribution is -0.120. The predicted octanol–water partition coefficient (Wildman–Crippen LogP) is 2.53. The highest BCUT2D eigenvalue weighted by atomic mass is 19.1. The molecule has 0 saturated heterocycles. The Hall–Kier alpha value is -2.37. The number of hydrogen-bond donors (Lipinski definition) is 2. The zero-order valence-electron chi connectivity index (χ0n) is 12.9. The van der Waals surface area contributed by atoms with Gasteiger partial charge in [0, 0.05) is 17.3 Å². The first-order chi connectivity index (χ1) is 11.1. The van der Waals surface area contributed by atoms with E-state index in [1.807, 2.05) is 0 Å². The number of amides is 2. The summed E-state index contributed by atoms with van der Waals surface area (Å²) in [4.78, 5) is 24.2. The fourth-order valence-electron chi connectivity index (χ4n) is 3.23. The average molecular weight is 318 g/mol. The van der Waals surface area contributed by atoms with Gasteiger partial charge in [0.1, 0.15) is 0 Å². The first-order valence-corrected chi connectivity index (χ1v) is 7.74. The molecule has 1 fully saturated rings. The van der Waals surface area contributed by atoms with Gasteiger partial charge in [-0.05, 0) is 37.0 Å². The molecule has 1 aliphatic carbocycles. The molecule has 122 valence electrons. The number of benzene rings is 1. The summed E-state index contributed by atoms with van der Waals surface area (Å²) in [6.45, 7) is 0. The Balaban J connectivity index is 1.69. The van der Waals surface area contributed by atoms with E-state index in [9.17, 15) is 14.0 Å². The third-order valence-corrected chi connectivity index (χ3v) is 4.35. The Morgan fingerprint density at radius 3 is 3.00 bits per heavy atom. The zero-order chi connectivity index (χ0) is 16.4. The molecule has 1 atom stereocenters. The highest BCUT2D eigenvalue weighted by Crippen LogP contribution is 2.32. The molecule has 5 nitrogen and oxygen atoms in total. The van der Waals surface area contributed by atoms with E-state index >= 15 is 0 Å². The molecule has 2 aliphatic rings. The number of methoxy groups -OCH3 is 1. The standard InChI is InChI=1S/C17H19FN2O3/c1-23-15-7-6-10(8-13(15)18)19-16(21)9-12-11-4-2-3-5-14(11)20-17(12)22/h6-8,14H,2-5,9H2,1H3,(H,19,21)(H,20,22). The summed E-state index contributed by atoms with van der Waals surface area (Å²) in [6.07, 6.45) is 3.97. The molecule has 6 heteroatoms. The third kappa shape index (κ3) is 3.21. The number of carbonyl (C=O) groups excluding carboxylic acids is 2. The van der Waals surface area contributed by atoms with Gasteiger partial charge in [-0.2, -0.15) is 0 Å². The summed E-state index contributed by atoms with van der Waals surface area (Å²) in [6, 6.07) is 4.31. The van der Waals surface area contributed by atoms with Crippen LogP contribution < -0.4 is 15.4 Å². The number of ether oxygens (including phenoxy) is 1. The van der Waals surface area contributed by atoms with Crippen LogP contribution >= 0.6 is 0 Å². The van der Waals surface area contributed by atoms with E-state index in [0.717, 1.165) is 31.3 Å². The smallest absolute Gasteiger partial charge is 0.248 e. The van der Waals surface area contributed by atoms with Gasteiger partial charge in [0.15, 0.2) is 11.6 Å². The van der Waals surface area contributed by atoms with Crippen LogP contribution in [0.3, 0.4) is 0 Å². The van der Waals surface area contributed by atoms with Crippen LogP contribution in [0.1, 0.15) is 32.1 Å². The molecule has 1 unspecified atom stereocenters. The molecule has 0 bridgehead atoms. The van der Waals surface area contributed by atoms with Crippen LogP contribution in [0, 0.1) is 5.82 Å². The van der Waals surface area contributed by atoms with E-state index < -0.39 is 5.82 Å². The van der Waals surface area contributed by atoms with Crippen molar-refractivity contribution in [1.29, 1.82) is 0 Å². The largest absolute Gasteiger partial charge is 0.494 e. The van der Waals surface area contributed by atoms with Gasteiger partial charge in [-0.15, -0.1) is 0 Å². The Bertz CT molecular complexity index is 684. The zero-order valence-corrected chi connectivity index (χ0v) is 12.9. The summed E-state index contributed by atoms with van der Waals surface area (Å²) >= 11 is 0. The molecular formula is C17H19FN2O3. The molecule has 3 rings (SSSR count). The minimum Gasteiger partial charge on any atom is -0.494 e. The van der Waals surface area contributed by atoms with Gasteiger partial charge < -0.3 is 15.4 Å². The summed E-state index contributed by atoms with van der Waals surface area (Å²) in [5, 5.41) is 5.56. The predicted molar refractivity (Wildman–Crippen MR) is 83.6 cm³/mol. The van der Waals surface area contributed by atoms with Gasteiger partial charge >= 0.3 is 0 Å². The fraction of sp³-hybridized carbons (Fsp3) is 0.412. The van der Waals surface area contributed by atoms with Crippen LogP contribution in [0.4, 0.5) is 10.1 Å². The summed E-state index contributed by atoms with van der Waals surface area (Å²) < 4.78 is 18.5. The van der Waals surface area contributed by atoms with Crippen molar-refractivity contribution in [2.75, 3.05) is 12.4 Å². The molecule has 2 N–H and O–H groups in total.